The zero-order valence-electron chi connectivity index (χ0n) is 17.0. The first-order chi connectivity index (χ1) is 13.6. The fourth-order valence-corrected chi connectivity index (χ4v) is 3.78. The van der Waals surface area contributed by atoms with Gasteiger partial charge in [-0.1, -0.05) is 54.6 Å². The molecular weight excluding hydrogens is 344 g/mol. The molecule has 1 aromatic heterocycles. The molecule has 4 heteroatoms. The predicted octanol–water partition coefficient (Wildman–Crippen LogP) is 4.76. The second kappa shape index (κ2) is 8.01. The minimum Gasteiger partial charge on any atom is -0.352 e. The van der Waals surface area contributed by atoms with E-state index < -0.39 is 0 Å². The van der Waals surface area contributed by atoms with E-state index in [1.165, 1.54) is 16.7 Å². The highest BCUT2D eigenvalue weighted by atomic mass is 15.3. The normalized spacial score (nSPS) is 13.5. The molecule has 2 aromatic carbocycles. The van der Waals surface area contributed by atoms with Gasteiger partial charge in [-0.25, -0.2) is 4.98 Å². The lowest BCUT2D eigenvalue weighted by molar-refractivity contribution is 0.653. The lowest BCUT2D eigenvalue weighted by Gasteiger charge is -2.32. The molecule has 2 heterocycles. The van der Waals surface area contributed by atoms with Crippen LogP contribution >= 0.6 is 0 Å². The van der Waals surface area contributed by atoms with E-state index in [4.69, 9.17) is 9.97 Å². The van der Waals surface area contributed by atoms with Crippen molar-refractivity contribution in [3.05, 3.63) is 83.0 Å². The van der Waals surface area contributed by atoms with Crippen molar-refractivity contribution < 1.29 is 0 Å². The minimum atomic E-state index is 0.317. The molecule has 0 unspecified atom stereocenters. The molecule has 4 rings (SSSR count). The summed E-state index contributed by atoms with van der Waals surface area (Å²) in [6, 6.07) is 21.7. The topological polar surface area (TPSA) is 32.3 Å². The van der Waals surface area contributed by atoms with E-state index in [1.807, 2.05) is 0 Å². The molecule has 4 nitrogen and oxygen atoms in total. The zero-order valence-corrected chi connectivity index (χ0v) is 17.0. The second-order valence-corrected chi connectivity index (χ2v) is 7.82. The molecule has 1 aliphatic heterocycles. The average molecular weight is 373 g/mol. The fraction of sp³-hybridized carbons (Fsp3) is 0.333. The molecule has 0 atom stereocenters. The Morgan fingerprint density at radius 2 is 1.68 bits per heavy atom. The summed E-state index contributed by atoms with van der Waals surface area (Å²) in [5.74, 6) is 1.84. The molecule has 0 spiro atoms. The highest BCUT2D eigenvalue weighted by Crippen LogP contribution is 2.26. The van der Waals surface area contributed by atoms with Crippen LogP contribution in [0.2, 0.25) is 0 Å². The van der Waals surface area contributed by atoms with Gasteiger partial charge in [0.15, 0.2) is 0 Å². The van der Waals surface area contributed by atoms with Gasteiger partial charge in [0.05, 0.1) is 0 Å². The van der Waals surface area contributed by atoms with Crippen molar-refractivity contribution in [1.29, 1.82) is 0 Å². The number of anilines is 2. The Bertz CT molecular complexity index is 936. The SMILES string of the molecule is Cc1cc(N2CCc3ccccc3C2)nc(N(Cc2ccccc2)C(C)C)n1. The number of hydrogen-bond donors (Lipinski definition) is 0. The van der Waals surface area contributed by atoms with Gasteiger partial charge in [-0.05, 0) is 43.9 Å². The molecule has 28 heavy (non-hydrogen) atoms. The minimum absolute atomic E-state index is 0.317. The van der Waals surface area contributed by atoms with Gasteiger partial charge >= 0.3 is 0 Å². The predicted molar refractivity (Wildman–Crippen MR) is 116 cm³/mol. The lowest BCUT2D eigenvalue weighted by Crippen LogP contribution is -2.34. The first-order valence-electron chi connectivity index (χ1n) is 10.1. The summed E-state index contributed by atoms with van der Waals surface area (Å²) in [6.07, 6.45) is 1.06. The Morgan fingerprint density at radius 1 is 0.964 bits per heavy atom. The zero-order chi connectivity index (χ0) is 19.5. The van der Waals surface area contributed by atoms with Gasteiger partial charge in [0.1, 0.15) is 5.82 Å². The van der Waals surface area contributed by atoms with E-state index in [1.54, 1.807) is 0 Å². The Balaban J connectivity index is 1.63. The van der Waals surface area contributed by atoms with Crippen LogP contribution in [0.3, 0.4) is 0 Å². The van der Waals surface area contributed by atoms with Crippen molar-refractivity contribution in [3.8, 4) is 0 Å². The number of rotatable bonds is 5. The Kier molecular flexibility index (Phi) is 5.29. The number of hydrogen-bond acceptors (Lipinski definition) is 4. The molecule has 3 aromatic rings. The van der Waals surface area contributed by atoms with Crippen molar-refractivity contribution in [2.24, 2.45) is 0 Å². The molecule has 0 aliphatic carbocycles. The van der Waals surface area contributed by atoms with Crippen LogP contribution in [0.25, 0.3) is 0 Å². The standard InChI is InChI=1S/C24H28N4/c1-18(2)28(16-20-9-5-4-6-10-20)24-25-19(3)15-23(26-24)27-14-13-21-11-7-8-12-22(21)17-27/h4-12,15,18H,13-14,16-17H2,1-3H3. The van der Waals surface area contributed by atoms with E-state index in [2.05, 4.69) is 91.2 Å². The smallest absolute Gasteiger partial charge is 0.228 e. The third kappa shape index (κ3) is 4.01. The Hall–Kier alpha value is -2.88. The summed E-state index contributed by atoms with van der Waals surface area (Å²) in [5.41, 5.74) is 5.14. The summed E-state index contributed by atoms with van der Waals surface area (Å²) in [4.78, 5) is 14.4. The first-order valence-corrected chi connectivity index (χ1v) is 10.1. The molecule has 0 saturated carbocycles. The second-order valence-electron chi connectivity index (χ2n) is 7.82. The molecule has 0 bridgehead atoms. The summed E-state index contributed by atoms with van der Waals surface area (Å²) in [7, 11) is 0. The quantitative estimate of drug-likeness (QED) is 0.646. The van der Waals surface area contributed by atoms with Crippen LogP contribution < -0.4 is 9.80 Å². The highest BCUT2D eigenvalue weighted by Gasteiger charge is 2.20. The average Bonchev–Trinajstić information content (AvgIpc) is 2.71. The molecular formula is C24H28N4. The van der Waals surface area contributed by atoms with E-state index in [-0.39, 0.29) is 0 Å². The van der Waals surface area contributed by atoms with Crippen LogP contribution in [0.15, 0.2) is 60.7 Å². The van der Waals surface area contributed by atoms with Crippen molar-refractivity contribution in [2.75, 3.05) is 16.3 Å². The third-order valence-corrected chi connectivity index (χ3v) is 5.36. The maximum absolute atomic E-state index is 4.99. The molecule has 0 radical (unpaired) electrons. The van der Waals surface area contributed by atoms with Crippen molar-refractivity contribution in [1.82, 2.24) is 9.97 Å². The molecule has 0 fully saturated rings. The van der Waals surface area contributed by atoms with Gasteiger partial charge in [-0.2, -0.15) is 4.98 Å². The largest absolute Gasteiger partial charge is 0.352 e. The van der Waals surface area contributed by atoms with Crippen LogP contribution in [-0.2, 0) is 19.5 Å². The summed E-state index contributed by atoms with van der Waals surface area (Å²) < 4.78 is 0. The van der Waals surface area contributed by atoms with E-state index in [0.717, 1.165) is 43.5 Å². The molecule has 0 saturated heterocycles. The maximum Gasteiger partial charge on any atom is 0.228 e. The number of aromatic nitrogens is 2. The maximum atomic E-state index is 4.99. The third-order valence-electron chi connectivity index (χ3n) is 5.36. The number of nitrogens with zero attached hydrogens (tertiary/aromatic N) is 4. The van der Waals surface area contributed by atoms with Gasteiger partial charge < -0.3 is 9.80 Å². The van der Waals surface area contributed by atoms with Gasteiger partial charge in [0, 0.05) is 37.4 Å². The number of aryl methyl sites for hydroxylation is 1. The summed E-state index contributed by atoms with van der Waals surface area (Å²) >= 11 is 0. The fourth-order valence-electron chi connectivity index (χ4n) is 3.78. The summed E-state index contributed by atoms with van der Waals surface area (Å²) in [5, 5.41) is 0. The van der Waals surface area contributed by atoms with E-state index in [0.29, 0.717) is 6.04 Å². The van der Waals surface area contributed by atoms with Gasteiger partial charge in [0.2, 0.25) is 5.95 Å². The molecule has 0 amide bonds. The van der Waals surface area contributed by atoms with Crippen LogP contribution in [0.1, 0.15) is 36.2 Å². The van der Waals surface area contributed by atoms with E-state index in [9.17, 15) is 0 Å². The number of fused-ring (bicyclic) bond motifs is 1. The number of benzene rings is 2. The first kappa shape index (κ1) is 18.5. The molecule has 0 N–H and O–H groups in total. The summed E-state index contributed by atoms with van der Waals surface area (Å²) in [6.45, 7) is 9.18. The van der Waals surface area contributed by atoms with Gasteiger partial charge in [-0.15, -0.1) is 0 Å². The monoisotopic (exact) mass is 372 g/mol. The van der Waals surface area contributed by atoms with Crippen LogP contribution in [0.5, 0.6) is 0 Å². The van der Waals surface area contributed by atoms with Crippen molar-refractivity contribution in [3.63, 3.8) is 0 Å². The van der Waals surface area contributed by atoms with Gasteiger partial charge in [0.25, 0.3) is 0 Å². The lowest BCUT2D eigenvalue weighted by atomic mass is 10.00. The van der Waals surface area contributed by atoms with Crippen molar-refractivity contribution >= 4 is 11.8 Å². The van der Waals surface area contributed by atoms with Crippen LogP contribution in [0.4, 0.5) is 11.8 Å². The molecule has 1 aliphatic rings. The van der Waals surface area contributed by atoms with Crippen molar-refractivity contribution in [2.45, 2.75) is 46.3 Å². The highest BCUT2D eigenvalue weighted by molar-refractivity contribution is 5.49. The Morgan fingerprint density at radius 3 is 2.43 bits per heavy atom. The van der Waals surface area contributed by atoms with Gasteiger partial charge in [-0.3, -0.25) is 0 Å². The van der Waals surface area contributed by atoms with Crippen LogP contribution in [-0.4, -0.2) is 22.6 Å². The van der Waals surface area contributed by atoms with Crippen LogP contribution in [0, 0.1) is 6.92 Å². The Labute approximate surface area is 167 Å². The molecule has 144 valence electrons. The van der Waals surface area contributed by atoms with E-state index >= 15 is 0 Å².